The van der Waals surface area contributed by atoms with E-state index in [9.17, 15) is 13.2 Å². The number of sulfonamides is 1. The lowest BCUT2D eigenvalue weighted by Gasteiger charge is -2.02. The molecule has 2 N–H and O–H groups in total. The van der Waals surface area contributed by atoms with Crippen molar-refractivity contribution in [3.8, 4) is 0 Å². The second-order valence-electron chi connectivity index (χ2n) is 3.54. The minimum atomic E-state index is -3.90. The molecule has 0 bridgehead atoms. The van der Waals surface area contributed by atoms with E-state index < -0.39 is 21.8 Å². The Labute approximate surface area is 121 Å². The summed E-state index contributed by atoms with van der Waals surface area (Å²) >= 11 is 2.86. The number of aromatic carboxylic acids is 1. The molecule has 11 heteroatoms. The van der Waals surface area contributed by atoms with E-state index in [1.54, 1.807) is 0 Å². The third-order valence-electron chi connectivity index (χ3n) is 2.19. The summed E-state index contributed by atoms with van der Waals surface area (Å²) in [5, 5.41) is 12.1. The van der Waals surface area contributed by atoms with Gasteiger partial charge in [0.25, 0.3) is 0 Å². The van der Waals surface area contributed by atoms with Crippen LogP contribution in [0.5, 0.6) is 0 Å². The van der Waals surface area contributed by atoms with Gasteiger partial charge in [0.1, 0.15) is 4.90 Å². The minimum absolute atomic E-state index is 0.0184. The fourth-order valence-electron chi connectivity index (χ4n) is 1.32. The van der Waals surface area contributed by atoms with Crippen molar-refractivity contribution in [3.05, 3.63) is 28.7 Å². The number of nitrogens with zero attached hydrogens (tertiary/aromatic N) is 2. The van der Waals surface area contributed by atoms with E-state index in [0.29, 0.717) is 0 Å². The molecule has 108 valence electrons. The number of halogens is 1. The molecule has 2 aromatic heterocycles. The van der Waals surface area contributed by atoms with Crippen LogP contribution in [0.15, 0.2) is 30.9 Å². The Kier molecular flexibility index (Phi) is 4.20. The molecule has 20 heavy (non-hydrogen) atoms. The highest BCUT2D eigenvalue weighted by molar-refractivity contribution is 9.10. The standard InChI is InChI=1S/C9H8BrN3O6S/c10-8-6(3-5(18-8)9(14)15)20(16,17)13-2-1-7-11-4-12-19-7/h3-4,13H,1-2H2,(H,14,15). The zero-order valence-electron chi connectivity index (χ0n) is 9.74. The number of rotatable bonds is 6. The van der Waals surface area contributed by atoms with Gasteiger partial charge in [-0.25, -0.2) is 17.9 Å². The number of carboxylic acid groups (broad SMARTS) is 1. The Morgan fingerprint density at radius 1 is 1.50 bits per heavy atom. The smallest absolute Gasteiger partial charge is 0.371 e. The molecule has 0 aliphatic carbocycles. The second-order valence-corrected chi connectivity index (χ2v) is 5.99. The third kappa shape index (κ3) is 3.23. The highest BCUT2D eigenvalue weighted by Gasteiger charge is 2.24. The van der Waals surface area contributed by atoms with Crippen molar-refractivity contribution < 1.29 is 27.3 Å². The van der Waals surface area contributed by atoms with Crippen molar-refractivity contribution in [1.82, 2.24) is 14.9 Å². The van der Waals surface area contributed by atoms with Gasteiger partial charge in [-0.15, -0.1) is 0 Å². The van der Waals surface area contributed by atoms with Crippen molar-refractivity contribution in [2.24, 2.45) is 0 Å². The van der Waals surface area contributed by atoms with Crippen molar-refractivity contribution in [3.63, 3.8) is 0 Å². The van der Waals surface area contributed by atoms with Gasteiger partial charge in [-0.2, -0.15) is 4.98 Å². The van der Waals surface area contributed by atoms with Gasteiger partial charge in [0.2, 0.25) is 21.7 Å². The quantitative estimate of drug-likeness (QED) is 0.760. The highest BCUT2D eigenvalue weighted by Crippen LogP contribution is 2.25. The summed E-state index contributed by atoms with van der Waals surface area (Å²) in [5.74, 6) is -1.56. The van der Waals surface area contributed by atoms with Crippen LogP contribution in [0.3, 0.4) is 0 Å². The fourth-order valence-corrected chi connectivity index (χ4v) is 3.29. The van der Waals surface area contributed by atoms with Gasteiger partial charge in [0, 0.05) is 19.0 Å². The molecule has 0 atom stereocenters. The van der Waals surface area contributed by atoms with Gasteiger partial charge < -0.3 is 14.0 Å². The molecule has 9 nitrogen and oxygen atoms in total. The van der Waals surface area contributed by atoms with Crippen molar-refractivity contribution >= 4 is 31.9 Å². The van der Waals surface area contributed by atoms with E-state index in [4.69, 9.17) is 14.0 Å². The van der Waals surface area contributed by atoms with Crippen LogP contribution in [0.1, 0.15) is 16.4 Å². The Morgan fingerprint density at radius 2 is 2.25 bits per heavy atom. The molecule has 0 aliphatic heterocycles. The Hall–Kier alpha value is -1.72. The van der Waals surface area contributed by atoms with Gasteiger partial charge in [0.15, 0.2) is 11.0 Å². The first-order chi connectivity index (χ1) is 9.40. The molecule has 2 aromatic rings. The zero-order valence-corrected chi connectivity index (χ0v) is 12.1. The molecule has 0 unspecified atom stereocenters. The van der Waals surface area contributed by atoms with E-state index in [0.717, 1.165) is 6.07 Å². The van der Waals surface area contributed by atoms with Crippen LogP contribution in [0, 0.1) is 0 Å². The third-order valence-corrected chi connectivity index (χ3v) is 4.51. The number of nitrogens with one attached hydrogen (secondary N) is 1. The Morgan fingerprint density at radius 3 is 2.80 bits per heavy atom. The largest absolute Gasteiger partial charge is 0.475 e. The van der Waals surface area contributed by atoms with Crippen LogP contribution in [0.4, 0.5) is 0 Å². The Bertz CT molecular complexity index is 708. The zero-order chi connectivity index (χ0) is 14.8. The van der Waals surface area contributed by atoms with Gasteiger partial charge in [-0.3, -0.25) is 0 Å². The summed E-state index contributed by atoms with van der Waals surface area (Å²) < 4.78 is 35.5. The maximum Gasteiger partial charge on any atom is 0.371 e. The molecular weight excluding hydrogens is 358 g/mol. The van der Waals surface area contributed by atoms with Gasteiger partial charge in [-0.05, 0) is 15.9 Å². The lowest BCUT2D eigenvalue weighted by molar-refractivity contribution is 0.0661. The fraction of sp³-hybridized carbons (Fsp3) is 0.222. The van der Waals surface area contributed by atoms with Crippen LogP contribution in [0.25, 0.3) is 0 Å². The Balaban J connectivity index is 2.08. The molecule has 0 aliphatic rings. The first-order valence-corrected chi connectivity index (χ1v) is 7.45. The molecule has 0 fully saturated rings. The molecule has 2 rings (SSSR count). The summed E-state index contributed by atoms with van der Waals surface area (Å²) in [5.41, 5.74) is 0. The van der Waals surface area contributed by atoms with Gasteiger partial charge in [0.05, 0.1) is 0 Å². The summed E-state index contributed by atoms with van der Waals surface area (Å²) in [7, 11) is -3.90. The summed E-state index contributed by atoms with van der Waals surface area (Å²) in [6.07, 6.45) is 1.41. The van der Waals surface area contributed by atoms with Crippen molar-refractivity contribution in [2.75, 3.05) is 6.54 Å². The van der Waals surface area contributed by atoms with Crippen LogP contribution < -0.4 is 4.72 Å². The van der Waals surface area contributed by atoms with Crippen LogP contribution in [-0.2, 0) is 16.4 Å². The maximum absolute atomic E-state index is 12.0. The molecule has 0 radical (unpaired) electrons. The van der Waals surface area contributed by atoms with E-state index in [-0.39, 0.29) is 28.4 Å². The normalized spacial score (nSPS) is 11.7. The van der Waals surface area contributed by atoms with E-state index in [1.807, 2.05) is 0 Å². The molecule has 0 aromatic carbocycles. The molecule has 0 saturated heterocycles. The van der Waals surface area contributed by atoms with Crippen molar-refractivity contribution in [1.29, 1.82) is 0 Å². The van der Waals surface area contributed by atoms with Crippen molar-refractivity contribution in [2.45, 2.75) is 11.3 Å². The second kappa shape index (κ2) is 5.73. The van der Waals surface area contributed by atoms with E-state index >= 15 is 0 Å². The lowest BCUT2D eigenvalue weighted by Crippen LogP contribution is -2.26. The van der Waals surface area contributed by atoms with E-state index in [1.165, 1.54) is 6.33 Å². The van der Waals surface area contributed by atoms with Crippen LogP contribution in [-0.4, -0.2) is 36.2 Å². The van der Waals surface area contributed by atoms with Gasteiger partial charge in [-0.1, -0.05) is 5.16 Å². The number of hydrogen-bond acceptors (Lipinski definition) is 7. The first-order valence-electron chi connectivity index (χ1n) is 5.18. The summed E-state index contributed by atoms with van der Waals surface area (Å²) in [6.45, 7) is 0.0184. The topological polar surface area (TPSA) is 136 Å². The summed E-state index contributed by atoms with van der Waals surface area (Å²) in [6, 6.07) is 0.918. The maximum atomic E-state index is 12.0. The molecule has 0 saturated carbocycles. The SMILES string of the molecule is O=C(O)c1cc(S(=O)(=O)NCCc2ncno2)c(Br)o1. The highest BCUT2D eigenvalue weighted by atomic mass is 79.9. The number of aromatic nitrogens is 2. The number of carbonyl (C=O) groups is 1. The summed E-state index contributed by atoms with van der Waals surface area (Å²) in [4.78, 5) is 14.1. The number of hydrogen-bond donors (Lipinski definition) is 2. The van der Waals surface area contributed by atoms with Gasteiger partial charge >= 0.3 is 5.97 Å². The number of carboxylic acids is 1. The lowest BCUT2D eigenvalue weighted by atomic mass is 10.4. The van der Waals surface area contributed by atoms with Crippen LogP contribution in [0.2, 0.25) is 0 Å². The predicted molar refractivity (Wildman–Crippen MR) is 66.6 cm³/mol. The van der Waals surface area contributed by atoms with E-state index in [2.05, 4.69) is 30.8 Å². The predicted octanol–water partition coefficient (Wildman–Crippen LogP) is 0.644. The first kappa shape index (κ1) is 14.7. The molecule has 0 spiro atoms. The van der Waals surface area contributed by atoms with Crippen LogP contribution >= 0.6 is 15.9 Å². The molecule has 0 amide bonds. The minimum Gasteiger partial charge on any atom is -0.475 e. The average Bonchev–Trinajstić information content (AvgIpc) is 2.98. The molecule has 2 heterocycles. The monoisotopic (exact) mass is 365 g/mol. The number of furan rings is 1. The molecular formula is C9H8BrN3O6S. The average molecular weight is 366 g/mol.